The Morgan fingerprint density at radius 2 is 1.79 bits per heavy atom. The lowest BCUT2D eigenvalue weighted by Crippen LogP contribution is -2.29. The highest BCUT2D eigenvalue weighted by atomic mass is 16.2. The van der Waals surface area contributed by atoms with Crippen molar-refractivity contribution in [1.82, 2.24) is 14.9 Å². The molecule has 0 saturated heterocycles. The van der Waals surface area contributed by atoms with Gasteiger partial charge in [0, 0.05) is 43.4 Å². The van der Waals surface area contributed by atoms with Crippen LogP contribution in [-0.4, -0.2) is 40.3 Å². The van der Waals surface area contributed by atoms with Gasteiger partial charge in [0.05, 0.1) is 11.6 Å². The number of nitrogens with one attached hydrogen (secondary N) is 1. The summed E-state index contributed by atoms with van der Waals surface area (Å²) in [5.41, 5.74) is 2.67. The van der Waals surface area contributed by atoms with Crippen LogP contribution < -0.4 is 5.32 Å². The Morgan fingerprint density at radius 3 is 2.48 bits per heavy atom. The van der Waals surface area contributed by atoms with Crippen LogP contribution in [0.4, 0.5) is 5.69 Å². The first-order valence-electron chi connectivity index (χ1n) is 8.99. The second-order valence-electron chi connectivity index (χ2n) is 6.41. The molecule has 1 aromatic carbocycles. The molecule has 29 heavy (non-hydrogen) atoms. The van der Waals surface area contributed by atoms with Crippen LogP contribution in [0.15, 0.2) is 67.1 Å². The summed E-state index contributed by atoms with van der Waals surface area (Å²) in [5.74, 6) is -0.613. The highest BCUT2D eigenvalue weighted by Crippen LogP contribution is 2.12. The van der Waals surface area contributed by atoms with Crippen molar-refractivity contribution in [2.24, 2.45) is 0 Å². The molecule has 0 unspecified atom stereocenters. The largest absolute Gasteiger partial charge is 0.341 e. The topological polar surface area (TPSA) is 99.0 Å². The van der Waals surface area contributed by atoms with E-state index in [1.807, 2.05) is 18.2 Å². The summed E-state index contributed by atoms with van der Waals surface area (Å²) in [7, 11) is 1.72. The summed E-state index contributed by atoms with van der Waals surface area (Å²) in [6.45, 7) is 0.540. The van der Waals surface area contributed by atoms with Crippen molar-refractivity contribution in [3.05, 3.63) is 89.5 Å². The maximum Gasteiger partial charge on any atom is 0.274 e. The minimum atomic E-state index is -0.427. The van der Waals surface area contributed by atoms with E-state index in [2.05, 4.69) is 15.3 Å². The number of amides is 2. The Labute approximate surface area is 168 Å². The van der Waals surface area contributed by atoms with Crippen LogP contribution in [0.2, 0.25) is 0 Å². The van der Waals surface area contributed by atoms with E-state index in [-0.39, 0.29) is 11.6 Å². The van der Waals surface area contributed by atoms with Crippen LogP contribution in [0.5, 0.6) is 0 Å². The minimum Gasteiger partial charge on any atom is -0.341 e. The van der Waals surface area contributed by atoms with Crippen LogP contribution in [-0.2, 0) is 6.42 Å². The van der Waals surface area contributed by atoms with Crippen molar-refractivity contribution in [3.63, 3.8) is 0 Å². The molecule has 144 valence electrons. The highest BCUT2D eigenvalue weighted by Gasteiger charge is 2.15. The van der Waals surface area contributed by atoms with Crippen molar-refractivity contribution < 1.29 is 9.59 Å². The molecule has 0 radical (unpaired) electrons. The molecule has 0 aliphatic heterocycles. The molecular weight excluding hydrogens is 366 g/mol. The maximum atomic E-state index is 12.7. The van der Waals surface area contributed by atoms with E-state index in [4.69, 9.17) is 5.26 Å². The third-order valence-corrected chi connectivity index (χ3v) is 4.34. The van der Waals surface area contributed by atoms with Crippen molar-refractivity contribution in [2.45, 2.75) is 6.42 Å². The molecule has 3 aromatic rings. The maximum absolute atomic E-state index is 12.7. The number of carbonyl (C=O) groups is 2. The van der Waals surface area contributed by atoms with E-state index in [1.54, 1.807) is 54.7 Å². The Morgan fingerprint density at radius 1 is 1.07 bits per heavy atom. The molecule has 1 N–H and O–H groups in total. The van der Waals surface area contributed by atoms with Gasteiger partial charge in [-0.2, -0.15) is 5.26 Å². The van der Waals surface area contributed by atoms with Gasteiger partial charge in [0.1, 0.15) is 5.69 Å². The number of nitriles is 1. The quantitative estimate of drug-likeness (QED) is 0.703. The van der Waals surface area contributed by atoms with Gasteiger partial charge in [0.25, 0.3) is 11.8 Å². The van der Waals surface area contributed by atoms with E-state index in [0.29, 0.717) is 29.8 Å². The fourth-order valence-electron chi connectivity index (χ4n) is 2.68. The standard InChI is InChI=1S/C22H19N5O2/c1-27(13-9-16-6-10-24-11-7-16)22(29)18-8-12-25-20(14-18)21(28)26-19-4-2-17(15-23)3-5-19/h2-8,10-12,14H,9,13H2,1H3,(H,26,28). The predicted molar refractivity (Wildman–Crippen MR) is 108 cm³/mol. The number of hydrogen-bond donors (Lipinski definition) is 1. The molecule has 0 bridgehead atoms. The number of benzene rings is 1. The van der Waals surface area contributed by atoms with Gasteiger partial charge < -0.3 is 10.2 Å². The van der Waals surface area contributed by atoms with Crippen LogP contribution in [0, 0.1) is 11.3 Å². The van der Waals surface area contributed by atoms with E-state index in [9.17, 15) is 9.59 Å². The van der Waals surface area contributed by atoms with E-state index in [1.165, 1.54) is 12.3 Å². The molecular formula is C22H19N5O2. The monoisotopic (exact) mass is 385 g/mol. The van der Waals surface area contributed by atoms with Gasteiger partial charge in [0.2, 0.25) is 0 Å². The third kappa shape index (κ3) is 5.23. The molecule has 2 aromatic heterocycles. The van der Waals surface area contributed by atoms with Gasteiger partial charge in [-0.25, -0.2) is 0 Å². The molecule has 3 rings (SSSR count). The third-order valence-electron chi connectivity index (χ3n) is 4.34. The fourth-order valence-corrected chi connectivity index (χ4v) is 2.68. The van der Waals surface area contributed by atoms with E-state index >= 15 is 0 Å². The number of carbonyl (C=O) groups excluding carboxylic acids is 2. The number of nitrogens with zero attached hydrogens (tertiary/aromatic N) is 4. The predicted octanol–water partition coefficient (Wildman–Crippen LogP) is 2.92. The first kappa shape index (κ1) is 19.7. The van der Waals surface area contributed by atoms with E-state index < -0.39 is 5.91 Å². The molecule has 0 atom stereocenters. The zero-order chi connectivity index (χ0) is 20.6. The molecule has 0 aliphatic rings. The normalized spacial score (nSPS) is 10.1. The molecule has 2 heterocycles. The lowest BCUT2D eigenvalue weighted by molar-refractivity contribution is 0.0796. The SMILES string of the molecule is CN(CCc1ccncc1)C(=O)c1ccnc(C(=O)Nc2ccc(C#N)cc2)c1. The van der Waals surface area contributed by atoms with Crippen LogP contribution >= 0.6 is 0 Å². The number of hydrogen-bond acceptors (Lipinski definition) is 5. The van der Waals surface area contributed by atoms with Gasteiger partial charge in [-0.15, -0.1) is 0 Å². The van der Waals surface area contributed by atoms with Crippen molar-refractivity contribution in [1.29, 1.82) is 5.26 Å². The van der Waals surface area contributed by atoms with Gasteiger partial charge in [0.15, 0.2) is 0 Å². The second kappa shape index (κ2) is 9.24. The molecule has 0 spiro atoms. The smallest absolute Gasteiger partial charge is 0.274 e. The molecule has 7 nitrogen and oxygen atoms in total. The number of rotatable bonds is 6. The van der Waals surface area contributed by atoms with Gasteiger partial charge in [-0.05, 0) is 60.5 Å². The van der Waals surface area contributed by atoms with Crippen molar-refractivity contribution in [2.75, 3.05) is 18.9 Å². The summed E-state index contributed by atoms with van der Waals surface area (Å²) in [6.07, 6.45) is 5.59. The summed E-state index contributed by atoms with van der Waals surface area (Å²) in [5, 5.41) is 11.5. The Hall–Kier alpha value is -4.05. The summed E-state index contributed by atoms with van der Waals surface area (Å²) >= 11 is 0. The molecule has 0 saturated carbocycles. The molecule has 2 amide bonds. The Kier molecular flexibility index (Phi) is 6.28. The minimum absolute atomic E-state index is 0.141. The van der Waals surface area contributed by atoms with Gasteiger partial charge >= 0.3 is 0 Å². The second-order valence-corrected chi connectivity index (χ2v) is 6.41. The molecule has 7 heteroatoms. The van der Waals surface area contributed by atoms with Gasteiger partial charge in [-0.3, -0.25) is 19.6 Å². The lowest BCUT2D eigenvalue weighted by atomic mass is 10.1. The molecule has 0 fully saturated rings. The zero-order valence-electron chi connectivity index (χ0n) is 15.9. The molecule has 0 aliphatic carbocycles. The van der Waals surface area contributed by atoms with Crippen molar-refractivity contribution in [3.8, 4) is 6.07 Å². The van der Waals surface area contributed by atoms with Gasteiger partial charge in [-0.1, -0.05) is 0 Å². The number of likely N-dealkylation sites (N-methyl/N-ethyl adjacent to an activating group) is 1. The summed E-state index contributed by atoms with van der Waals surface area (Å²) in [6, 6.07) is 15.4. The first-order chi connectivity index (χ1) is 14.1. The summed E-state index contributed by atoms with van der Waals surface area (Å²) < 4.78 is 0. The average molecular weight is 385 g/mol. The lowest BCUT2D eigenvalue weighted by Gasteiger charge is -2.17. The number of pyridine rings is 2. The number of aromatic nitrogens is 2. The fraction of sp³-hybridized carbons (Fsp3) is 0.136. The van der Waals surface area contributed by atoms with Crippen molar-refractivity contribution >= 4 is 17.5 Å². The zero-order valence-corrected chi connectivity index (χ0v) is 15.9. The number of anilines is 1. The van der Waals surface area contributed by atoms with Crippen LogP contribution in [0.25, 0.3) is 0 Å². The Bertz CT molecular complexity index is 1040. The highest BCUT2D eigenvalue weighted by molar-refractivity contribution is 6.04. The van der Waals surface area contributed by atoms with Crippen LogP contribution in [0.3, 0.4) is 0 Å². The Balaban J connectivity index is 1.65. The average Bonchev–Trinajstić information content (AvgIpc) is 2.78. The summed E-state index contributed by atoms with van der Waals surface area (Å²) in [4.78, 5) is 34.8. The first-order valence-corrected chi connectivity index (χ1v) is 8.99. The van der Waals surface area contributed by atoms with E-state index in [0.717, 1.165) is 5.56 Å². The van der Waals surface area contributed by atoms with Crippen LogP contribution in [0.1, 0.15) is 32.0 Å².